The number of hydrogen-bond acceptors (Lipinski definition) is 5. The predicted octanol–water partition coefficient (Wildman–Crippen LogP) is 2.74. The van der Waals surface area contributed by atoms with E-state index in [4.69, 9.17) is 4.98 Å². The molecule has 26 heavy (non-hydrogen) atoms. The standard InChI is InChI=1S/C20H26N6/c1-20(7-5-10-25(15-20)13-16-12-21-8-9-22-16)18-14-26-11-4-6-17(26)19(23-18)24(2)3/h4,6,8-9,11-12,14H,5,7,10,13,15H2,1-3H3. The van der Waals surface area contributed by atoms with Crippen molar-refractivity contribution in [3.63, 3.8) is 0 Å². The number of fused-ring (bicyclic) bond motifs is 1. The molecule has 0 spiro atoms. The molecule has 0 N–H and O–H groups in total. The molecular formula is C20H26N6. The Morgan fingerprint density at radius 2 is 2.15 bits per heavy atom. The number of nitrogens with zero attached hydrogens (tertiary/aromatic N) is 6. The van der Waals surface area contributed by atoms with Gasteiger partial charge in [-0.3, -0.25) is 14.9 Å². The van der Waals surface area contributed by atoms with E-state index < -0.39 is 0 Å². The molecular weight excluding hydrogens is 324 g/mol. The summed E-state index contributed by atoms with van der Waals surface area (Å²) in [5.41, 5.74) is 3.37. The molecule has 1 saturated heterocycles. The molecule has 3 aromatic rings. The van der Waals surface area contributed by atoms with Crippen LogP contribution in [0.4, 0.5) is 5.82 Å². The number of anilines is 1. The van der Waals surface area contributed by atoms with Gasteiger partial charge in [0.05, 0.1) is 16.9 Å². The van der Waals surface area contributed by atoms with Crippen LogP contribution in [-0.2, 0) is 12.0 Å². The summed E-state index contributed by atoms with van der Waals surface area (Å²) in [6.07, 6.45) is 12.0. The Labute approximate surface area is 154 Å². The third kappa shape index (κ3) is 3.17. The van der Waals surface area contributed by atoms with Gasteiger partial charge in [0.25, 0.3) is 0 Å². The Morgan fingerprint density at radius 1 is 1.27 bits per heavy atom. The third-order valence-electron chi connectivity index (χ3n) is 5.32. The van der Waals surface area contributed by atoms with E-state index in [-0.39, 0.29) is 5.41 Å². The average molecular weight is 350 g/mol. The highest BCUT2D eigenvalue weighted by molar-refractivity contribution is 5.69. The minimum Gasteiger partial charge on any atom is -0.361 e. The molecule has 4 heterocycles. The van der Waals surface area contributed by atoms with Crippen LogP contribution in [0.3, 0.4) is 0 Å². The molecule has 136 valence electrons. The lowest BCUT2D eigenvalue weighted by molar-refractivity contribution is 0.145. The van der Waals surface area contributed by atoms with Crippen molar-refractivity contribution < 1.29 is 0 Å². The van der Waals surface area contributed by atoms with Gasteiger partial charge in [-0.2, -0.15) is 0 Å². The Kier molecular flexibility index (Phi) is 4.36. The van der Waals surface area contributed by atoms with Crippen LogP contribution in [0.25, 0.3) is 5.52 Å². The molecule has 0 aromatic carbocycles. The van der Waals surface area contributed by atoms with Crippen LogP contribution in [0.5, 0.6) is 0 Å². The van der Waals surface area contributed by atoms with E-state index in [0.717, 1.165) is 48.8 Å². The summed E-state index contributed by atoms with van der Waals surface area (Å²) in [4.78, 5) is 18.3. The summed E-state index contributed by atoms with van der Waals surface area (Å²) in [6, 6.07) is 4.20. The minimum absolute atomic E-state index is 0.0314. The van der Waals surface area contributed by atoms with Crippen LogP contribution in [0.2, 0.25) is 0 Å². The smallest absolute Gasteiger partial charge is 0.152 e. The first-order valence-corrected chi connectivity index (χ1v) is 9.18. The van der Waals surface area contributed by atoms with Gasteiger partial charge in [0, 0.05) is 63.6 Å². The largest absolute Gasteiger partial charge is 0.361 e. The lowest BCUT2D eigenvalue weighted by Gasteiger charge is -2.40. The molecule has 6 heteroatoms. The fourth-order valence-electron chi connectivity index (χ4n) is 3.98. The van der Waals surface area contributed by atoms with Crippen molar-refractivity contribution in [1.82, 2.24) is 24.3 Å². The first-order valence-electron chi connectivity index (χ1n) is 9.18. The maximum atomic E-state index is 5.06. The van der Waals surface area contributed by atoms with Crippen molar-refractivity contribution in [2.45, 2.75) is 31.7 Å². The van der Waals surface area contributed by atoms with Crippen LogP contribution < -0.4 is 4.90 Å². The fourth-order valence-corrected chi connectivity index (χ4v) is 3.98. The molecule has 0 aliphatic carbocycles. The summed E-state index contributed by atoms with van der Waals surface area (Å²) in [5, 5.41) is 0. The van der Waals surface area contributed by atoms with E-state index >= 15 is 0 Å². The molecule has 6 nitrogen and oxygen atoms in total. The van der Waals surface area contributed by atoms with Crippen LogP contribution in [-0.4, -0.2) is 51.4 Å². The summed E-state index contributed by atoms with van der Waals surface area (Å²) < 4.78 is 2.20. The van der Waals surface area contributed by atoms with Crippen LogP contribution in [0.15, 0.2) is 43.1 Å². The molecule has 1 atom stereocenters. The van der Waals surface area contributed by atoms with Gasteiger partial charge in [-0.25, -0.2) is 4.98 Å². The second-order valence-electron chi connectivity index (χ2n) is 7.72. The first-order chi connectivity index (χ1) is 12.5. The van der Waals surface area contributed by atoms with E-state index in [2.05, 4.69) is 69.7 Å². The van der Waals surface area contributed by atoms with Gasteiger partial charge < -0.3 is 9.30 Å². The molecule has 1 unspecified atom stereocenters. The van der Waals surface area contributed by atoms with E-state index in [1.54, 1.807) is 12.4 Å². The summed E-state index contributed by atoms with van der Waals surface area (Å²) in [5.74, 6) is 1.03. The van der Waals surface area contributed by atoms with Gasteiger partial charge in [-0.1, -0.05) is 6.92 Å². The predicted molar refractivity (Wildman–Crippen MR) is 103 cm³/mol. The molecule has 3 aromatic heterocycles. The quantitative estimate of drug-likeness (QED) is 0.724. The van der Waals surface area contributed by atoms with Crippen LogP contribution in [0, 0.1) is 0 Å². The maximum Gasteiger partial charge on any atom is 0.152 e. The number of likely N-dealkylation sites (tertiary alicyclic amines) is 1. The Morgan fingerprint density at radius 3 is 2.92 bits per heavy atom. The normalized spacial score (nSPS) is 21.2. The molecule has 1 aliphatic heterocycles. The number of aromatic nitrogens is 4. The maximum absolute atomic E-state index is 5.06. The minimum atomic E-state index is 0.0314. The topological polar surface area (TPSA) is 49.6 Å². The molecule has 0 bridgehead atoms. The lowest BCUT2D eigenvalue weighted by atomic mass is 9.79. The summed E-state index contributed by atoms with van der Waals surface area (Å²) in [6.45, 7) is 5.26. The number of rotatable bonds is 4. The highest BCUT2D eigenvalue weighted by Gasteiger charge is 2.35. The molecule has 1 aliphatic rings. The summed E-state index contributed by atoms with van der Waals surface area (Å²) >= 11 is 0. The summed E-state index contributed by atoms with van der Waals surface area (Å²) in [7, 11) is 4.12. The SMILES string of the molecule is CN(C)c1nc(C2(C)CCCN(Cc3cnccn3)C2)cn2cccc12. The highest BCUT2D eigenvalue weighted by Crippen LogP contribution is 2.34. The second-order valence-corrected chi connectivity index (χ2v) is 7.72. The van der Waals surface area contributed by atoms with Crippen molar-refractivity contribution in [1.29, 1.82) is 0 Å². The van der Waals surface area contributed by atoms with Crippen molar-refractivity contribution in [3.8, 4) is 0 Å². The average Bonchev–Trinajstić information content (AvgIpc) is 3.10. The van der Waals surface area contributed by atoms with E-state index in [1.807, 2.05) is 6.20 Å². The monoisotopic (exact) mass is 350 g/mol. The van der Waals surface area contributed by atoms with Gasteiger partial charge in [0.1, 0.15) is 0 Å². The zero-order valence-electron chi connectivity index (χ0n) is 15.8. The van der Waals surface area contributed by atoms with E-state index in [1.165, 1.54) is 6.42 Å². The lowest BCUT2D eigenvalue weighted by Crippen LogP contribution is -2.44. The zero-order valence-corrected chi connectivity index (χ0v) is 15.8. The second kappa shape index (κ2) is 6.68. The molecule has 4 rings (SSSR count). The first kappa shape index (κ1) is 17.0. The van der Waals surface area contributed by atoms with Crippen molar-refractivity contribution in [2.75, 3.05) is 32.1 Å². The van der Waals surface area contributed by atoms with Gasteiger partial charge in [0.15, 0.2) is 5.82 Å². The fraction of sp³-hybridized carbons (Fsp3) is 0.450. The van der Waals surface area contributed by atoms with Crippen molar-refractivity contribution in [3.05, 3.63) is 54.5 Å². The number of piperidine rings is 1. The molecule has 0 radical (unpaired) electrons. The van der Waals surface area contributed by atoms with Crippen LogP contribution in [0.1, 0.15) is 31.2 Å². The van der Waals surface area contributed by atoms with E-state index in [9.17, 15) is 0 Å². The molecule has 1 fully saturated rings. The van der Waals surface area contributed by atoms with Crippen molar-refractivity contribution >= 4 is 11.3 Å². The molecule has 0 amide bonds. The van der Waals surface area contributed by atoms with Crippen molar-refractivity contribution in [2.24, 2.45) is 0 Å². The Balaban J connectivity index is 1.64. The highest BCUT2D eigenvalue weighted by atomic mass is 15.2. The molecule has 0 saturated carbocycles. The van der Waals surface area contributed by atoms with Gasteiger partial charge >= 0.3 is 0 Å². The Hall–Kier alpha value is -2.47. The Bertz CT molecular complexity index is 888. The zero-order chi connectivity index (χ0) is 18.1. The van der Waals surface area contributed by atoms with Crippen LogP contribution >= 0.6 is 0 Å². The van der Waals surface area contributed by atoms with E-state index in [0.29, 0.717) is 0 Å². The van der Waals surface area contributed by atoms with Gasteiger partial charge in [-0.05, 0) is 31.5 Å². The van der Waals surface area contributed by atoms with Gasteiger partial charge in [-0.15, -0.1) is 0 Å². The van der Waals surface area contributed by atoms with Gasteiger partial charge in [0.2, 0.25) is 0 Å². The number of hydrogen-bond donors (Lipinski definition) is 0. The third-order valence-corrected chi connectivity index (χ3v) is 5.32.